The maximum absolute atomic E-state index is 13.0. The van der Waals surface area contributed by atoms with Gasteiger partial charge in [-0.2, -0.15) is 0 Å². The molecule has 0 radical (unpaired) electrons. The molecule has 26 heavy (non-hydrogen) atoms. The van der Waals surface area contributed by atoms with Crippen LogP contribution in [0.2, 0.25) is 10.0 Å². The number of nitrogens with one attached hydrogen (secondary N) is 1. The van der Waals surface area contributed by atoms with Crippen molar-refractivity contribution in [1.29, 1.82) is 0 Å². The smallest absolute Gasteiger partial charge is 0.310 e. The second-order valence-electron chi connectivity index (χ2n) is 5.88. The fourth-order valence-electron chi connectivity index (χ4n) is 2.43. The normalized spacial score (nSPS) is 11.6. The lowest BCUT2D eigenvalue weighted by Crippen LogP contribution is -2.37. The SMILES string of the molecule is CCCC(=O)Nc1c(Cl)cc(Cl)cc1C(=O)N(CC)CC(C)C(=O)OC. The third-order valence-electron chi connectivity index (χ3n) is 3.79. The summed E-state index contributed by atoms with van der Waals surface area (Å²) in [6.45, 7) is 5.89. The average Bonchev–Trinajstić information content (AvgIpc) is 2.60. The van der Waals surface area contributed by atoms with Crippen LogP contribution >= 0.6 is 23.2 Å². The zero-order valence-corrected chi connectivity index (χ0v) is 16.9. The number of anilines is 1. The number of carbonyl (C=O) groups excluding carboxylic acids is 3. The molecule has 0 saturated carbocycles. The van der Waals surface area contributed by atoms with E-state index in [4.69, 9.17) is 27.9 Å². The number of methoxy groups -OCH3 is 1. The van der Waals surface area contributed by atoms with Crippen LogP contribution in [0.4, 0.5) is 5.69 Å². The van der Waals surface area contributed by atoms with Crippen molar-refractivity contribution in [2.45, 2.75) is 33.6 Å². The van der Waals surface area contributed by atoms with E-state index in [2.05, 4.69) is 5.32 Å². The van der Waals surface area contributed by atoms with Crippen LogP contribution in [0.5, 0.6) is 0 Å². The number of hydrogen-bond acceptors (Lipinski definition) is 4. The van der Waals surface area contributed by atoms with Gasteiger partial charge in [0.2, 0.25) is 5.91 Å². The molecule has 1 atom stereocenters. The molecule has 1 unspecified atom stereocenters. The molecular formula is C18H24Cl2N2O4. The van der Waals surface area contributed by atoms with Crippen LogP contribution in [0.3, 0.4) is 0 Å². The molecule has 0 heterocycles. The van der Waals surface area contributed by atoms with Crippen molar-refractivity contribution >= 4 is 46.7 Å². The Bertz CT molecular complexity index is 679. The Morgan fingerprint density at radius 1 is 1.23 bits per heavy atom. The van der Waals surface area contributed by atoms with Gasteiger partial charge in [0.25, 0.3) is 5.91 Å². The molecule has 0 aliphatic rings. The van der Waals surface area contributed by atoms with E-state index in [9.17, 15) is 14.4 Å². The van der Waals surface area contributed by atoms with Gasteiger partial charge >= 0.3 is 5.97 Å². The molecule has 1 aromatic rings. The quantitative estimate of drug-likeness (QED) is 0.666. The molecule has 1 N–H and O–H groups in total. The minimum absolute atomic E-state index is 0.175. The second kappa shape index (κ2) is 10.4. The van der Waals surface area contributed by atoms with Gasteiger partial charge in [-0.1, -0.05) is 37.0 Å². The summed E-state index contributed by atoms with van der Waals surface area (Å²) in [5.41, 5.74) is 0.412. The fraction of sp³-hybridized carbons (Fsp3) is 0.500. The summed E-state index contributed by atoms with van der Waals surface area (Å²) < 4.78 is 4.71. The number of benzene rings is 1. The van der Waals surface area contributed by atoms with E-state index in [0.717, 1.165) is 0 Å². The van der Waals surface area contributed by atoms with E-state index >= 15 is 0 Å². The van der Waals surface area contributed by atoms with E-state index in [0.29, 0.717) is 19.4 Å². The monoisotopic (exact) mass is 402 g/mol. The molecule has 0 fully saturated rings. The van der Waals surface area contributed by atoms with Gasteiger partial charge in [-0.05, 0) is 25.5 Å². The Morgan fingerprint density at radius 2 is 1.88 bits per heavy atom. The predicted octanol–water partition coefficient (Wildman–Crippen LogP) is 4.00. The summed E-state index contributed by atoms with van der Waals surface area (Å²) >= 11 is 12.3. The largest absolute Gasteiger partial charge is 0.469 e. The number of amides is 2. The molecule has 1 rings (SSSR count). The van der Waals surface area contributed by atoms with Gasteiger partial charge in [0.1, 0.15) is 0 Å². The van der Waals surface area contributed by atoms with Crippen LogP contribution < -0.4 is 5.32 Å². The molecule has 2 amide bonds. The van der Waals surface area contributed by atoms with Crippen LogP contribution in [-0.4, -0.2) is 42.9 Å². The van der Waals surface area contributed by atoms with Gasteiger partial charge in [0.15, 0.2) is 0 Å². The highest BCUT2D eigenvalue weighted by atomic mass is 35.5. The third kappa shape index (κ3) is 5.88. The molecule has 0 bridgehead atoms. The molecule has 8 heteroatoms. The second-order valence-corrected chi connectivity index (χ2v) is 6.72. The molecule has 1 aromatic carbocycles. The summed E-state index contributed by atoms with van der Waals surface area (Å²) in [5, 5.41) is 3.15. The van der Waals surface area contributed by atoms with E-state index in [1.54, 1.807) is 13.8 Å². The van der Waals surface area contributed by atoms with Crippen LogP contribution in [0.15, 0.2) is 12.1 Å². The zero-order chi connectivity index (χ0) is 19.9. The van der Waals surface area contributed by atoms with Crippen LogP contribution in [0.25, 0.3) is 0 Å². The van der Waals surface area contributed by atoms with Gasteiger partial charge in [-0.15, -0.1) is 0 Å². The molecule has 0 aromatic heterocycles. The van der Waals surface area contributed by atoms with Crippen molar-refractivity contribution in [3.63, 3.8) is 0 Å². The number of carbonyl (C=O) groups is 3. The summed E-state index contributed by atoms with van der Waals surface area (Å²) in [4.78, 5) is 38.1. The lowest BCUT2D eigenvalue weighted by atomic mass is 10.1. The summed E-state index contributed by atoms with van der Waals surface area (Å²) in [6, 6.07) is 2.93. The number of ether oxygens (including phenoxy) is 1. The van der Waals surface area contributed by atoms with Gasteiger partial charge in [-0.25, -0.2) is 0 Å². The minimum Gasteiger partial charge on any atom is -0.469 e. The third-order valence-corrected chi connectivity index (χ3v) is 4.31. The topological polar surface area (TPSA) is 75.7 Å². The molecule has 0 aliphatic heterocycles. The van der Waals surface area contributed by atoms with Crippen molar-refractivity contribution in [3.8, 4) is 0 Å². The van der Waals surface area contributed by atoms with Gasteiger partial charge in [0.05, 0.1) is 29.3 Å². The maximum Gasteiger partial charge on any atom is 0.310 e. The lowest BCUT2D eigenvalue weighted by Gasteiger charge is -2.25. The van der Waals surface area contributed by atoms with Crippen molar-refractivity contribution in [3.05, 3.63) is 27.7 Å². The maximum atomic E-state index is 13.0. The van der Waals surface area contributed by atoms with Crippen molar-refractivity contribution < 1.29 is 19.1 Å². The summed E-state index contributed by atoms with van der Waals surface area (Å²) in [5.74, 6) is -1.51. The molecule has 0 aliphatic carbocycles. The first-order valence-corrected chi connectivity index (χ1v) is 9.16. The Kier molecular flexibility index (Phi) is 8.88. The van der Waals surface area contributed by atoms with Gasteiger partial charge < -0.3 is 15.0 Å². The average molecular weight is 403 g/mol. The Hall–Kier alpha value is -1.79. The molecule has 0 saturated heterocycles. The van der Waals surface area contributed by atoms with E-state index < -0.39 is 11.9 Å². The minimum atomic E-state index is -0.489. The van der Waals surface area contributed by atoms with Crippen molar-refractivity contribution in [1.82, 2.24) is 4.90 Å². The molecule has 0 spiro atoms. The highest BCUT2D eigenvalue weighted by Gasteiger charge is 2.25. The lowest BCUT2D eigenvalue weighted by molar-refractivity contribution is -0.145. The first kappa shape index (κ1) is 22.3. The Labute approximate surface area is 163 Å². The van der Waals surface area contributed by atoms with Crippen LogP contribution in [-0.2, 0) is 14.3 Å². The summed E-state index contributed by atoms with van der Waals surface area (Å²) in [6.07, 6.45) is 0.974. The molecular weight excluding hydrogens is 379 g/mol. The number of esters is 1. The number of rotatable bonds is 8. The number of hydrogen-bond donors (Lipinski definition) is 1. The van der Waals surface area contributed by atoms with Crippen LogP contribution in [0.1, 0.15) is 44.0 Å². The van der Waals surface area contributed by atoms with Gasteiger partial charge in [0, 0.05) is 24.5 Å². The predicted molar refractivity (Wildman–Crippen MR) is 103 cm³/mol. The zero-order valence-electron chi connectivity index (χ0n) is 15.4. The van der Waals surface area contributed by atoms with Gasteiger partial charge in [-0.3, -0.25) is 14.4 Å². The first-order valence-electron chi connectivity index (χ1n) is 8.41. The highest BCUT2D eigenvalue weighted by Crippen LogP contribution is 2.31. The highest BCUT2D eigenvalue weighted by molar-refractivity contribution is 6.38. The van der Waals surface area contributed by atoms with E-state index in [1.165, 1.54) is 24.1 Å². The van der Waals surface area contributed by atoms with Crippen molar-refractivity contribution in [2.24, 2.45) is 5.92 Å². The molecule has 6 nitrogen and oxygen atoms in total. The fourth-order valence-corrected chi connectivity index (χ4v) is 2.97. The van der Waals surface area contributed by atoms with E-state index in [1.807, 2.05) is 6.92 Å². The van der Waals surface area contributed by atoms with Crippen LogP contribution in [0, 0.1) is 5.92 Å². The Balaban J connectivity index is 3.19. The number of nitrogens with zero attached hydrogens (tertiary/aromatic N) is 1. The number of halogens is 2. The summed E-state index contributed by atoms with van der Waals surface area (Å²) in [7, 11) is 1.30. The standard InChI is InChI=1S/C18H24Cl2N2O4/c1-5-7-15(23)21-16-13(8-12(19)9-14(16)20)17(24)22(6-2)10-11(3)18(25)26-4/h8-9,11H,5-7,10H2,1-4H3,(H,21,23). The first-order chi connectivity index (χ1) is 12.2. The molecule has 144 valence electrons. The van der Waals surface area contributed by atoms with Crippen molar-refractivity contribution in [2.75, 3.05) is 25.5 Å². The Morgan fingerprint density at radius 3 is 2.42 bits per heavy atom. The van der Waals surface area contributed by atoms with E-state index in [-0.39, 0.29) is 39.7 Å².